The Labute approximate surface area is 279 Å². The zero-order chi connectivity index (χ0) is 34.1. The van der Waals surface area contributed by atoms with Gasteiger partial charge >= 0.3 is 0 Å². The minimum absolute atomic E-state index is 0. The highest BCUT2D eigenvalue weighted by Gasteiger charge is 2.35. The molecule has 0 unspecified atom stereocenters. The number of rotatable bonds is 9. The maximum atomic E-state index is 12.8. The number of nitro groups is 2. The van der Waals surface area contributed by atoms with E-state index in [0.717, 1.165) is 19.3 Å². The number of nitro benzene ring substituents is 2. The summed E-state index contributed by atoms with van der Waals surface area (Å²) in [7, 11) is 0. The number of carbonyl (C=O) groups is 4. The third-order valence-electron chi connectivity index (χ3n) is 8.36. The van der Waals surface area contributed by atoms with Gasteiger partial charge in [0, 0.05) is 25.2 Å². The van der Waals surface area contributed by atoms with E-state index in [2.05, 4.69) is 0 Å². The van der Waals surface area contributed by atoms with Crippen molar-refractivity contribution in [3.63, 3.8) is 0 Å². The molecule has 2 atom stereocenters. The Kier molecular flexibility index (Phi) is 16.1. The van der Waals surface area contributed by atoms with Crippen LogP contribution >= 0.6 is 0 Å². The van der Waals surface area contributed by atoms with E-state index in [-0.39, 0.29) is 50.6 Å². The van der Waals surface area contributed by atoms with Gasteiger partial charge in [0.05, 0.1) is 35.1 Å². The number of carbonyl (C=O) groups excluding carboxylic acids is 4. The first-order valence-electron chi connectivity index (χ1n) is 14.9. The van der Waals surface area contributed by atoms with Crippen LogP contribution in [0.5, 0.6) is 0 Å². The molecule has 2 saturated heterocycles. The Balaban J connectivity index is 0.000000462. The van der Waals surface area contributed by atoms with Gasteiger partial charge in [0.15, 0.2) is 5.78 Å². The topological polar surface area (TPSA) is 222 Å². The van der Waals surface area contributed by atoms with Gasteiger partial charge in [-0.15, -0.1) is 0 Å². The molecule has 4 rings (SSSR count). The number of hydrogen-bond acceptors (Lipinski definition) is 11. The number of aliphatic hydroxyl groups is 3. The average Bonchev–Trinajstić information content (AvgIpc) is 3.07. The van der Waals surface area contributed by atoms with Crippen LogP contribution in [0.15, 0.2) is 24.3 Å². The number of aliphatic hydroxyl groups excluding tert-OH is 3. The van der Waals surface area contributed by atoms with Crippen molar-refractivity contribution in [1.29, 1.82) is 0 Å². The fourth-order valence-electron chi connectivity index (χ4n) is 5.74. The SMILES string of the molecule is C.C.Cc1cc([N+](=O)[O-])c(C(=O)N2CCCC[C@@H]2C(=O)CO)cc1CO.Cc1cc([N+](=O)[O-])c(C(=O)N2CCCC[C@@H]2C=O)cc1CO. The Bertz CT molecular complexity index is 1510. The fraction of sp³-hybridized carbons (Fsp3) is 0.515. The zero-order valence-electron chi connectivity index (χ0n) is 25.7. The Morgan fingerprint density at radius 3 is 1.62 bits per heavy atom. The first-order chi connectivity index (χ1) is 21.9. The number of amides is 2. The molecule has 15 heteroatoms. The Morgan fingerprint density at radius 1 is 0.771 bits per heavy atom. The van der Waals surface area contributed by atoms with E-state index in [9.17, 15) is 49.6 Å². The molecule has 2 fully saturated rings. The van der Waals surface area contributed by atoms with Crippen molar-refractivity contribution in [2.75, 3.05) is 19.7 Å². The smallest absolute Gasteiger partial charge is 0.282 e. The number of hydrogen-bond donors (Lipinski definition) is 3. The molecule has 2 aliphatic heterocycles. The predicted molar refractivity (Wildman–Crippen MR) is 176 cm³/mol. The third kappa shape index (κ3) is 9.27. The van der Waals surface area contributed by atoms with Crippen molar-refractivity contribution in [3.8, 4) is 0 Å². The van der Waals surface area contributed by atoms with E-state index >= 15 is 0 Å². The van der Waals surface area contributed by atoms with Gasteiger partial charge in [0.2, 0.25) is 0 Å². The van der Waals surface area contributed by atoms with Crippen LogP contribution in [0.1, 0.15) is 96.3 Å². The van der Waals surface area contributed by atoms with Crippen molar-refractivity contribution in [3.05, 3.63) is 77.9 Å². The van der Waals surface area contributed by atoms with E-state index < -0.39 is 46.1 Å². The first kappa shape index (κ1) is 41.4. The maximum absolute atomic E-state index is 12.8. The Morgan fingerprint density at radius 2 is 1.21 bits per heavy atom. The lowest BCUT2D eigenvalue weighted by atomic mass is 9.96. The number of nitrogens with zero attached hydrogens (tertiary/aromatic N) is 4. The van der Waals surface area contributed by atoms with Crippen molar-refractivity contribution in [2.45, 2.75) is 92.5 Å². The fourth-order valence-corrected chi connectivity index (χ4v) is 5.74. The summed E-state index contributed by atoms with van der Waals surface area (Å²) in [4.78, 5) is 72.5. The second-order valence-corrected chi connectivity index (χ2v) is 11.3. The highest BCUT2D eigenvalue weighted by molar-refractivity contribution is 6.01. The largest absolute Gasteiger partial charge is 0.392 e. The monoisotopic (exact) mass is 674 g/mol. The van der Waals surface area contributed by atoms with E-state index in [1.54, 1.807) is 13.8 Å². The summed E-state index contributed by atoms with van der Waals surface area (Å²) in [5.41, 5.74) is 1.09. The van der Waals surface area contributed by atoms with Gasteiger partial charge in [-0.3, -0.25) is 34.6 Å². The lowest BCUT2D eigenvalue weighted by Crippen LogP contribution is -2.49. The molecule has 0 aliphatic carbocycles. The van der Waals surface area contributed by atoms with Crippen LogP contribution in [0.25, 0.3) is 0 Å². The van der Waals surface area contributed by atoms with Crippen LogP contribution in [0, 0.1) is 34.1 Å². The van der Waals surface area contributed by atoms with E-state index in [0.29, 0.717) is 60.9 Å². The van der Waals surface area contributed by atoms with Crippen molar-refractivity contribution >= 4 is 35.3 Å². The summed E-state index contributed by atoms with van der Waals surface area (Å²) in [5, 5.41) is 50.3. The van der Waals surface area contributed by atoms with Crippen molar-refractivity contribution in [1.82, 2.24) is 9.80 Å². The molecule has 2 aliphatic rings. The number of benzene rings is 2. The van der Waals surface area contributed by atoms with Crippen molar-refractivity contribution in [2.24, 2.45) is 0 Å². The summed E-state index contributed by atoms with van der Waals surface area (Å²) in [5.74, 6) is -1.62. The van der Waals surface area contributed by atoms with Crippen LogP contribution < -0.4 is 0 Å². The zero-order valence-corrected chi connectivity index (χ0v) is 25.7. The molecule has 48 heavy (non-hydrogen) atoms. The number of likely N-dealkylation sites (tertiary alicyclic amines) is 2. The minimum Gasteiger partial charge on any atom is -0.392 e. The molecule has 2 aromatic rings. The normalized spacial score (nSPS) is 17.1. The lowest BCUT2D eigenvalue weighted by molar-refractivity contribution is -0.385. The summed E-state index contributed by atoms with van der Waals surface area (Å²) < 4.78 is 0. The van der Waals surface area contributed by atoms with Gasteiger partial charge in [-0.2, -0.15) is 0 Å². The standard InChI is InChI=1S/C16H20N2O6.C15H18N2O5.2CH4/c1-10-6-14(18(23)24)12(7-11(10)8-19)16(22)17-5-3-2-4-13(17)15(21)9-20;1-10-6-14(17(21)22)13(7-11(10)8-18)15(20)16-5-3-2-4-12(16)9-19;;/h6-7,13,19-20H,2-5,8-9H2,1H3;6-7,9,12,18H,2-5,8H2,1H3;2*1H4/t13-;12-;;/m11../s1. The van der Waals surface area contributed by atoms with Gasteiger partial charge in [-0.25, -0.2) is 0 Å². The average molecular weight is 675 g/mol. The third-order valence-corrected chi connectivity index (χ3v) is 8.36. The number of Topliss-reactive ketones (excluding diaryl/α,β-unsaturated/α-hetero) is 1. The molecule has 0 aromatic heterocycles. The van der Waals surface area contributed by atoms with Gasteiger partial charge in [-0.05, 0) is 86.8 Å². The van der Waals surface area contributed by atoms with Crippen LogP contribution in [0.4, 0.5) is 11.4 Å². The molecule has 15 nitrogen and oxygen atoms in total. The summed E-state index contributed by atoms with van der Waals surface area (Å²) in [6.45, 7) is 2.64. The van der Waals surface area contributed by atoms with Crippen LogP contribution in [-0.4, -0.2) is 90.6 Å². The molecule has 2 heterocycles. The second kappa shape index (κ2) is 18.7. The number of aryl methyl sites for hydroxylation is 2. The van der Waals surface area contributed by atoms with Crippen LogP contribution in [-0.2, 0) is 22.8 Å². The van der Waals surface area contributed by atoms with E-state index in [4.69, 9.17) is 5.11 Å². The van der Waals surface area contributed by atoms with Gasteiger partial charge < -0.3 is 29.9 Å². The summed E-state index contributed by atoms with van der Waals surface area (Å²) >= 11 is 0. The lowest BCUT2D eigenvalue weighted by Gasteiger charge is -2.34. The molecular weight excluding hydrogens is 628 g/mol. The van der Waals surface area contributed by atoms with Crippen molar-refractivity contribution < 1.29 is 44.3 Å². The van der Waals surface area contributed by atoms with E-state index in [1.807, 2.05) is 0 Å². The molecule has 0 spiro atoms. The number of aldehydes is 1. The van der Waals surface area contributed by atoms with E-state index in [1.165, 1.54) is 34.1 Å². The van der Waals surface area contributed by atoms with Crippen LogP contribution in [0.2, 0.25) is 0 Å². The summed E-state index contributed by atoms with van der Waals surface area (Å²) in [6, 6.07) is 3.90. The van der Waals surface area contributed by atoms with Gasteiger partial charge in [0.25, 0.3) is 23.2 Å². The Hall–Kier alpha value is -4.60. The quantitative estimate of drug-likeness (QED) is 0.197. The molecule has 3 N–H and O–H groups in total. The first-order valence-corrected chi connectivity index (χ1v) is 14.9. The molecule has 0 saturated carbocycles. The van der Waals surface area contributed by atoms with Gasteiger partial charge in [0.1, 0.15) is 24.0 Å². The second-order valence-electron chi connectivity index (χ2n) is 11.3. The van der Waals surface area contributed by atoms with Crippen LogP contribution in [0.3, 0.4) is 0 Å². The molecule has 2 aromatic carbocycles. The summed E-state index contributed by atoms with van der Waals surface area (Å²) in [6.07, 6.45) is 4.77. The number of ketones is 1. The molecular formula is C33H46N4O11. The molecule has 0 bridgehead atoms. The molecule has 2 amide bonds. The number of piperidine rings is 2. The van der Waals surface area contributed by atoms with Gasteiger partial charge in [-0.1, -0.05) is 14.9 Å². The molecule has 0 radical (unpaired) electrons. The maximum Gasteiger partial charge on any atom is 0.282 e. The predicted octanol–water partition coefficient (Wildman–Crippen LogP) is 3.81. The highest BCUT2D eigenvalue weighted by Crippen LogP contribution is 2.29. The highest BCUT2D eigenvalue weighted by atomic mass is 16.6. The molecule has 264 valence electrons. The minimum atomic E-state index is -0.769.